The van der Waals surface area contributed by atoms with Crippen molar-refractivity contribution < 1.29 is 0 Å². The molecule has 2 fully saturated rings. The van der Waals surface area contributed by atoms with Crippen molar-refractivity contribution in [3.8, 4) is 0 Å². The highest BCUT2D eigenvalue weighted by atomic mass is 15.2. The van der Waals surface area contributed by atoms with Crippen LogP contribution in [-0.4, -0.2) is 31.1 Å². The van der Waals surface area contributed by atoms with Crippen molar-refractivity contribution in [1.82, 2.24) is 10.2 Å². The number of hydrogen-bond acceptors (Lipinski definition) is 2. The molecule has 80 valence electrons. The van der Waals surface area contributed by atoms with E-state index in [1.165, 1.54) is 18.7 Å². The van der Waals surface area contributed by atoms with Gasteiger partial charge in [-0.15, -0.1) is 0 Å². The molecule has 2 heteroatoms. The van der Waals surface area contributed by atoms with Gasteiger partial charge >= 0.3 is 0 Å². The molecule has 1 heterocycles. The van der Waals surface area contributed by atoms with E-state index in [4.69, 9.17) is 0 Å². The highest BCUT2D eigenvalue weighted by Crippen LogP contribution is 2.45. The second kappa shape index (κ2) is 3.62. The Bertz CT molecular complexity index is 324. The van der Waals surface area contributed by atoms with Crippen LogP contribution in [-0.2, 0) is 6.54 Å². The Labute approximate surface area is 91.3 Å². The maximum atomic E-state index is 3.40. The highest BCUT2D eigenvalue weighted by molar-refractivity contribution is 5.16. The van der Waals surface area contributed by atoms with Gasteiger partial charge in [-0.25, -0.2) is 0 Å². The number of nitrogens with one attached hydrogen (secondary N) is 1. The molecule has 1 aromatic rings. The molecule has 1 aromatic carbocycles. The van der Waals surface area contributed by atoms with Gasteiger partial charge in [-0.1, -0.05) is 30.3 Å². The molecule has 2 nitrogen and oxygen atoms in total. The minimum Gasteiger partial charge on any atom is -0.316 e. The molecule has 15 heavy (non-hydrogen) atoms. The van der Waals surface area contributed by atoms with E-state index in [1.807, 2.05) is 0 Å². The Kier molecular flexibility index (Phi) is 2.26. The van der Waals surface area contributed by atoms with Crippen LogP contribution < -0.4 is 5.32 Å². The summed E-state index contributed by atoms with van der Waals surface area (Å²) in [5.74, 6) is 1.86. The van der Waals surface area contributed by atoms with Gasteiger partial charge in [0.15, 0.2) is 0 Å². The van der Waals surface area contributed by atoms with Crippen molar-refractivity contribution in [2.45, 2.75) is 12.6 Å². The fourth-order valence-electron chi connectivity index (χ4n) is 3.01. The summed E-state index contributed by atoms with van der Waals surface area (Å²) in [7, 11) is 2.09. The predicted molar refractivity (Wildman–Crippen MR) is 61.5 cm³/mol. The molecule has 0 amide bonds. The van der Waals surface area contributed by atoms with Gasteiger partial charge in [-0.2, -0.15) is 0 Å². The summed E-state index contributed by atoms with van der Waals surface area (Å²) in [6, 6.07) is 11.6. The summed E-state index contributed by atoms with van der Waals surface area (Å²) < 4.78 is 0. The van der Waals surface area contributed by atoms with Crippen LogP contribution in [0, 0.1) is 11.8 Å². The quantitative estimate of drug-likeness (QED) is 0.795. The van der Waals surface area contributed by atoms with Gasteiger partial charge in [0.2, 0.25) is 0 Å². The molecule has 0 bridgehead atoms. The number of likely N-dealkylation sites (tertiary alicyclic amines) is 1. The summed E-state index contributed by atoms with van der Waals surface area (Å²) in [4.78, 5) is 2.58. The van der Waals surface area contributed by atoms with Crippen molar-refractivity contribution in [2.75, 3.05) is 20.1 Å². The minimum absolute atomic E-state index is 0.817. The number of fused-ring (bicyclic) bond motifs is 1. The second-order valence-electron chi connectivity index (χ2n) is 4.82. The third-order valence-electron chi connectivity index (χ3n) is 3.85. The Hall–Kier alpha value is -0.860. The van der Waals surface area contributed by atoms with Crippen LogP contribution >= 0.6 is 0 Å². The molecule has 0 aromatic heterocycles. The molecule has 1 aliphatic carbocycles. The number of benzene rings is 1. The van der Waals surface area contributed by atoms with E-state index < -0.39 is 0 Å². The van der Waals surface area contributed by atoms with E-state index in [1.54, 1.807) is 0 Å². The summed E-state index contributed by atoms with van der Waals surface area (Å²) in [6.45, 7) is 3.69. The summed E-state index contributed by atoms with van der Waals surface area (Å²) in [5, 5.41) is 3.40. The first kappa shape index (κ1) is 9.37. The lowest BCUT2D eigenvalue weighted by Gasteiger charge is -2.19. The molecule has 3 rings (SSSR count). The lowest BCUT2D eigenvalue weighted by molar-refractivity contribution is 0.284. The van der Waals surface area contributed by atoms with E-state index in [-0.39, 0.29) is 0 Å². The zero-order chi connectivity index (χ0) is 10.3. The first-order valence-electron chi connectivity index (χ1n) is 5.82. The summed E-state index contributed by atoms with van der Waals surface area (Å²) in [6.07, 6.45) is 0. The van der Waals surface area contributed by atoms with Crippen molar-refractivity contribution >= 4 is 0 Å². The van der Waals surface area contributed by atoms with Crippen LogP contribution in [0.15, 0.2) is 30.3 Å². The SMILES string of the molecule is CNC1C2CN(Cc3ccccc3)CC21. The van der Waals surface area contributed by atoms with Crippen LogP contribution in [0.4, 0.5) is 0 Å². The van der Waals surface area contributed by atoms with Crippen molar-refractivity contribution in [2.24, 2.45) is 11.8 Å². The summed E-state index contributed by atoms with van der Waals surface area (Å²) in [5.41, 5.74) is 1.44. The van der Waals surface area contributed by atoms with E-state index in [2.05, 4.69) is 47.6 Å². The molecule has 1 N–H and O–H groups in total. The van der Waals surface area contributed by atoms with Crippen LogP contribution in [0.5, 0.6) is 0 Å². The van der Waals surface area contributed by atoms with Gasteiger partial charge in [0, 0.05) is 25.7 Å². The van der Waals surface area contributed by atoms with Gasteiger partial charge in [-0.3, -0.25) is 4.90 Å². The van der Waals surface area contributed by atoms with E-state index >= 15 is 0 Å². The predicted octanol–water partition coefficient (Wildman–Crippen LogP) is 1.34. The van der Waals surface area contributed by atoms with Crippen LogP contribution in [0.1, 0.15) is 5.56 Å². The average molecular weight is 202 g/mol. The Morgan fingerprint density at radius 3 is 2.47 bits per heavy atom. The third-order valence-corrected chi connectivity index (χ3v) is 3.85. The van der Waals surface area contributed by atoms with Crippen LogP contribution in [0.3, 0.4) is 0 Å². The second-order valence-corrected chi connectivity index (χ2v) is 4.82. The minimum atomic E-state index is 0.817. The fourth-order valence-corrected chi connectivity index (χ4v) is 3.01. The van der Waals surface area contributed by atoms with Crippen molar-refractivity contribution in [1.29, 1.82) is 0 Å². The molecule has 2 aliphatic rings. The smallest absolute Gasteiger partial charge is 0.0233 e. The fraction of sp³-hybridized carbons (Fsp3) is 0.538. The third kappa shape index (κ3) is 1.68. The van der Waals surface area contributed by atoms with Crippen LogP contribution in [0.2, 0.25) is 0 Å². The monoisotopic (exact) mass is 202 g/mol. The highest BCUT2D eigenvalue weighted by Gasteiger charge is 2.54. The van der Waals surface area contributed by atoms with Gasteiger partial charge in [0.05, 0.1) is 0 Å². The van der Waals surface area contributed by atoms with Gasteiger partial charge in [0.1, 0.15) is 0 Å². The maximum absolute atomic E-state index is 3.40. The summed E-state index contributed by atoms with van der Waals surface area (Å²) >= 11 is 0. The number of rotatable bonds is 3. The zero-order valence-electron chi connectivity index (χ0n) is 9.19. The Balaban J connectivity index is 1.56. The first-order valence-corrected chi connectivity index (χ1v) is 5.82. The van der Waals surface area contributed by atoms with Gasteiger partial charge in [0.25, 0.3) is 0 Å². The van der Waals surface area contributed by atoms with Crippen molar-refractivity contribution in [3.05, 3.63) is 35.9 Å². The molecular formula is C13H18N2. The first-order chi connectivity index (χ1) is 7.38. The Morgan fingerprint density at radius 2 is 1.87 bits per heavy atom. The maximum Gasteiger partial charge on any atom is 0.0233 e. The standard InChI is InChI=1S/C13H18N2/c1-14-13-11-8-15(9-12(11)13)7-10-5-3-2-4-6-10/h2-6,11-14H,7-9H2,1H3. The lowest BCUT2D eigenvalue weighted by atomic mass is 10.2. The zero-order valence-corrected chi connectivity index (χ0v) is 9.19. The molecule has 1 aliphatic heterocycles. The number of nitrogens with zero attached hydrogens (tertiary/aromatic N) is 1. The molecule has 2 atom stereocenters. The van der Waals surface area contributed by atoms with E-state index in [0.717, 1.165) is 24.4 Å². The average Bonchev–Trinajstić information content (AvgIpc) is 2.75. The molecule has 0 spiro atoms. The largest absolute Gasteiger partial charge is 0.316 e. The Morgan fingerprint density at radius 1 is 1.20 bits per heavy atom. The molecule has 1 saturated heterocycles. The lowest BCUT2D eigenvalue weighted by Crippen LogP contribution is -2.29. The number of piperidine rings is 1. The van der Waals surface area contributed by atoms with Crippen molar-refractivity contribution in [3.63, 3.8) is 0 Å². The molecule has 2 unspecified atom stereocenters. The number of hydrogen-bond donors (Lipinski definition) is 1. The van der Waals surface area contributed by atoms with Crippen LogP contribution in [0.25, 0.3) is 0 Å². The topological polar surface area (TPSA) is 15.3 Å². The van der Waals surface area contributed by atoms with Gasteiger partial charge < -0.3 is 5.32 Å². The normalized spacial score (nSPS) is 34.1. The molecular weight excluding hydrogens is 184 g/mol. The van der Waals surface area contributed by atoms with Gasteiger partial charge in [-0.05, 0) is 24.4 Å². The van der Waals surface area contributed by atoms with E-state index in [9.17, 15) is 0 Å². The molecule has 0 radical (unpaired) electrons. The van der Waals surface area contributed by atoms with E-state index in [0.29, 0.717) is 0 Å². The molecule has 1 saturated carbocycles.